The van der Waals surface area contributed by atoms with Gasteiger partial charge in [0.05, 0.1) is 0 Å². The van der Waals surface area contributed by atoms with Crippen LogP contribution in [0.2, 0.25) is 0 Å². The maximum absolute atomic E-state index is 11.6. The van der Waals surface area contributed by atoms with Gasteiger partial charge in [0.25, 0.3) is 5.91 Å². The predicted octanol–water partition coefficient (Wildman–Crippen LogP) is 1.82. The number of aliphatic hydroxyl groups is 1. The topological polar surface area (TPSA) is 58.6 Å². The van der Waals surface area contributed by atoms with Crippen molar-refractivity contribution in [2.45, 2.75) is 27.2 Å². The minimum absolute atomic E-state index is 0.0239. The number of amides is 1. The van der Waals surface area contributed by atoms with Gasteiger partial charge < -0.3 is 15.2 Å². The molecule has 0 aromatic heterocycles. The molecule has 0 bridgehead atoms. The van der Waals surface area contributed by atoms with Gasteiger partial charge in [0.15, 0.2) is 6.61 Å². The monoisotopic (exact) mass is 265 g/mol. The highest BCUT2D eigenvalue weighted by Gasteiger charge is 2.07. The third-order valence-electron chi connectivity index (χ3n) is 3.18. The van der Waals surface area contributed by atoms with E-state index in [4.69, 9.17) is 9.84 Å². The first-order valence-electron chi connectivity index (χ1n) is 6.61. The van der Waals surface area contributed by atoms with Crippen LogP contribution in [0, 0.1) is 19.8 Å². The fourth-order valence-electron chi connectivity index (χ4n) is 1.69. The summed E-state index contributed by atoms with van der Waals surface area (Å²) in [6.45, 7) is 6.72. The van der Waals surface area contributed by atoms with Crippen LogP contribution in [-0.2, 0) is 4.79 Å². The minimum atomic E-state index is -0.134. The molecule has 0 aliphatic carbocycles. The Morgan fingerprint density at radius 2 is 2.16 bits per heavy atom. The molecule has 106 valence electrons. The van der Waals surface area contributed by atoms with E-state index in [1.165, 1.54) is 0 Å². The maximum atomic E-state index is 11.6. The molecule has 0 fully saturated rings. The van der Waals surface area contributed by atoms with Gasteiger partial charge in [-0.2, -0.15) is 0 Å². The van der Waals surface area contributed by atoms with E-state index in [2.05, 4.69) is 5.32 Å². The van der Waals surface area contributed by atoms with Gasteiger partial charge in [-0.15, -0.1) is 0 Å². The smallest absolute Gasteiger partial charge is 0.257 e. The van der Waals surface area contributed by atoms with Crippen molar-refractivity contribution in [2.24, 2.45) is 5.92 Å². The van der Waals surface area contributed by atoms with Crippen molar-refractivity contribution in [3.63, 3.8) is 0 Å². The van der Waals surface area contributed by atoms with Gasteiger partial charge in [-0.25, -0.2) is 0 Å². The molecule has 0 heterocycles. The van der Waals surface area contributed by atoms with Crippen LogP contribution in [0.4, 0.5) is 0 Å². The molecule has 1 unspecified atom stereocenters. The van der Waals surface area contributed by atoms with Gasteiger partial charge in [0, 0.05) is 13.2 Å². The summed E-state index contributed by atoms with van der Waals surface area (Å²) >= 11 is 0. The Kier molecular flexibility index (Phi) is 6.36. The van der Waals surface area contributed by atoms with E-state index in [1.807, 2.05) is 39.0 Å². The average Bonchev–Trinajstić information content (AvgIpc) is 2.38. The summed E-state index contributed by atoms with van der Waals surface area (Å²) in [7, 11) is 0. The van der Waals surface area contributed by atoms with Gasteiger partial charge >= 0.3 is 0 Å². The molecule has 0 saturated heterocycles. The van der Waals surface area contributed by atoms with Crippen molar-refractivity contribution in [3.05, 3.63) is 29.3 Å². The molecule has 4 nitrogen and oxygen atoms in total. The molecular formula is C15H23NO3. The van der Waals surface area contributed by atoms with Crippen molar-refractivity contribution in [1.29, 1.82) is 0 Å². The van der Waals surface area contributed by atoms with Gasteiger partial charge in [0.2, 0.25) is 0 Å². The zero-order chi connectivity index (χ0) is 14.3. The summed E-state index contributed by atoms with van der Waals surface area (Å²) < 4.78 is 5.51. The van der Waals surface area contributed by atoms with Crippen molar-refractivity contribution < 1.29 is 14.6 Å². The molecular weight excluding hydrogens is 242 g/mol. The van der Waals surface area contributed by atoms with E-state index in [9.17, 15) is 4.79 Å². The number of carbonyl (C=O) groups excluding carboxylic acids is 1. The Bertz CT molecular complexity index is 418. The van der Waals surface area contributed by atoms with Crippen LogP contribution in [0.5, 0.6) is 5.75 Å². The van der Waals surface area contributed by atoms with E-state index >= 15 is 0 Å². The Morgan fingerprint density at radius 3 is 2.84 bits per heavy atom. The molecule has 2 N–H and O–H groups in total. The van der Waals surface area contributed by atoms with Gasteiger partial charge in [-0.1, -0.05) is 19.1 Å². The lowest BCUT2D eigenvalue weighted by molar-refractivity contribution is -0.123. The molecule has 0 aliphatic heterocycles. The third kappa shape index (κ3) is 5.30. The number of aryl methyl sites for hydroxylation is 1. The van der Waals surface area contributed by atoms with E-state index < -0.39 is 0 Å². The van der Waals surface area contributed by atoms with Gasteiger partial charge in [-0.3, -0.25) is 4.79 Å². The maximum Gasteiger partial charge on any atom is 0.257 e. The second-order valence-corrected chi connectivity index (χ2v) is 4.91. The van der Waals surface area contributed by atoms with E-state index in [-0.39, 0.29) is 25.0 Å². The van der Waals surface area contributed by atoms with Crippen LogP contribution < -0.4 is 10.1 Å². The zero-order valence-electron chi connectivity index (χ0n) is 11.9. The Morgan fingerprint density at radius 1 is 1.42 bits per heavy atom. The van der Waals surface area contributed by atoms with Crippen LogP contribution in [0.3, 0.4) is 0 Å². The van der Waals surface area contributed by atoms with Gasteiger partial charge in [-0.05, 0) is 43.4 Å². The van der Waals surface area contributed by atoms with Crippen molar-refractivity contribution >= 4 is 5.91 Å². The van der Waals surface area contributed by atoms with E-state index in [0.717, 1.165) is 16.9 Å². The summed E-state index contributed by atoms with van der Waals surface area (Å²) in [6, 6.07) is 5.79. The highest BCUT2D eigenvalue weighted by molar-refractivity contribution is 5.77. The number of hydrogen-bond donors (Lipinski definition) is 2. The first-order valence-corrected chi connectivity index (χ1v) is 6.61. The standard InChI is InChI=1S/C15H23NO3/c1-11(7-8-17)9-16-15(18)10-19-14-6-4-5-12(2)13(14)3/h4-6,11,17H,7-10H2,1-3H3,(H,16,18). The number of benzene rings is 1. The Labute approximate surface area is 114 Å². The molecule has 1 atom stereocenters. The molecule has 19 heavy (non-hydrogen) atoms. The Hall–Kier alpha value is -1.55. The van der Waals surface area contributed by atoms with E-state index in [0.29, 0.717) is 13.0 Å². The molecule has 4 heteroatoms. The molecule has 0 saturated carbocycles. The van der Waals surface area contributed by atoms with Crippen LogP contribution >= 0.6 is 0 Å². The first-order chi connectivity index (χ1) is 9.04. The number of aliphatic hydroxyl groups excluding tert-OH is 1. The number of nitrogens with one attached hydrogen (secondary N) is 1. The van der Waals surface area contributed by atoms with Crippen molar-refractivity contribution in [2.75, 3.05) is 19.8 Å². The van der Waals surface area contributed by atoms with Crippen molar-refractivity contribution in [1.82, 2.24) is 5.32 Å². The van der Waals surface area contributed by atoms with Crippen LogP contribution in [0.15, 0.2) is 18.2 Å². The summed E-state index contributed by atoms with van der Waals surface area (Å²) in [6.07, 6.45) is 0.693. The van der Waals surface area contributed by atoms with Crippen LogP contribution in [0.25, 0.3) is 0 Å². The van der Waals surface area contributed by atoms with Crippen LogP contribution in [-0.4, -0.2) is 30.8 Å². The second kappa shape index (κ2) is 7.79. The minimum Gasteiger partial charge on any atom is -0.483 e. The highest BCUT2D eigenvalue weighted by Crippen LogP contribution is 2.20. The summed E-state index contributed by atoms with van der Waals surface area (Å²) in [5.41, 5.74) is 2.21. The lowest BCUT2D eigenvalue weighted by atomic mass is 10.1. The fraction of sp³-hybridized carbons (Fsp3) is 0.533. The molecule has 1 aromatic carbocycles. The lowest BCUT2D eigenvalue weighted by Crippen LogP contribution is -2.32. The second-order valence-electron chi connectivity index (χ2n) is 4.91. The first kappa shape index (κ1) is 15.5. The predicted molar refractivity (Wildman–Crippen MR) is 75.3 cm³/mol. The number of ether oxygens (including phenoxy) is 1. The molecule has 1 amide bonds. The van der Waals surface area contributed by atoms with Crippen molar-refractivity contribution in [3.8, 4) is 5.75 Å². The number of rotatable bonds is 7. The zero-order valence-corrected chi connectivity index (χ0v) is 11.9. The molecule has 0 radical (unpaired) electrons. The molecule has 1 rings (SSSR count). The quantitative estimate of drug-likeness (QED) is 0.790. The highest BCUT2D eigenvalue weighted by atomic mass is 16.5. The fourth-order valence-corrected chi connectivity index (χ4v) is 1.69. The van der Waals surface area contributed by atoms with Crippen LogP contribution in [0.1, 0.15) is 24.5 Å². The lowest BCUT2D eigenvalue weighted by Gasteiger charge is -2.13. The average molecular weight is 265 g/mol. The number of carbonyl (C=O) groups is 1. The summed E-state index contributed by atoms with van der Waals surface area (Å²) in [5, 5.41) is 11.6. The summed E-state index contributed by atoms with van der Waals surface area (Å²) in [5.74, 6) is 0.888. The molecule has 0 spiro atoms. The van der Waals surface area contributed by atoms with Gasteiger partial charge in [0.1, 0.15) is 5.75 Å². The largest absolute Gasteiger partial charge is 0.483 e. The SMILES string of the molecule is Cc1cccc(OCC(=O)NCC(C)CCO)c1C. The normalized spacial score (nSPS) is 12.0. The molecule has 1 aromatic rings. The number of hydrogen-bond acceptors (Lipinski definition) is 3. The summed E-state index contributed by atoms with van der Waals surface area (Å²) in [4.78, 5) is 11.6. The van der Waals surface area contributed by atoms with E-state index in [1.54, 1.807) is 0 Å². The molecule has 0 aliphatic rings. The third-order valence-corrected chi connectivity index (χ3v) is 3.18. The Balaban J connectivity index is 2.36.